The van der Waals surface area contributed by atoms with Crippen LogP contribution in [0.4, 0.5) is 0 Å². The fraction of sp³-hybridized carbons (Fsp3) is 0.800. The maximum Gasteiger partial charge on any atom is 2.00 e. The van der Waals surface area contributed by atoms with Gasteiger partial charge in [0.05, 0.1) is 63.5 Å². The van der Waals surface area contributed by atoms with Crippen molar-refractivity contribution in [2.75, 3.05) is 52.9 Å². The van der Waals surface area contributed by atoms with Crippen LogP contribution in [0.5, 0.6) is 0 Å². The van der Waals surface area contributed by atoms with Crippen molar-refractivity contribution in [1.29, 1.82) is 0 Å². The van der Waals surface area contributed by atoms with Gasteiger partial charge in [-0.3, -0.25) is 11.8 Å². The third-order valence-corrected chi connectivity index (χ3v) is 7.29. The molecule has 2 rings (SSSR count). The summed E-state index contributed by atoms with van der Waals surface area (Å²) < 4.78 is 20.4. The van der Waals surface area contributed by atoms with E-state index >= 15 is 0 Å². The number of aliphatic carboxylic acids is 4. The van der Waals surface area contributed by atoms with Gasteiger partial charge in [0.1, 0.15) is 0 Å². The van der Waals surface area contributed by atoms with Crippen LogP contribution in [0, 0.1) is 23.7 Å². The van der Waals surface area contributed by atoms with Crippen LogP contribution >= 0.6 is 0 Å². The van der Waals surface area contributed by atoms with Crippen molar-refractivity contribution in [3.05, 3.63) is 11.8 Å². The fourth-order valence-corrected chi connectivity index (χ4v) is 4.51. The second-order valence-corrected chi connectivity index (χ2v) is 10.9. The van der Waals surface area contributed by atoms with Crippen LogP contribution in [-0.4, -0.2) is 89.1 Å². The fourth-order valence-electron chi connectivity index (χ4n) is 4.51. The molecule has 2 aliphatic carbocycles. The van der Waals surface area contributed by atoms with E-state index in [-0.39, 0.29) is 120 Å². The maximum atomic E-state index is 10.5. The Labute approximate surface area is 312 Å². The molecule has 286 valence electrons. The van der Waals surface area contributed by atoms with Crippen LogP contribution in [0.1, 0.15) is 77.0 Å². The molecular formula is C30H52N4O12Pt2-2. The summed E-state index contributed by atoms with van der Waals surface area (Å²) in [5, 5.41) is 41.9. The van der Waals surface area contributed by atoms with Crippen LogP contribution in [0.3, 0.4) is 0 Å². The summed E-state index contributed by atoms with van der Waals surface area (Å²) in [5.41, 5.74) is 22.0. The summed E-state index contributed by atoms with van der Waals surface area (Å²) in [7, 11) is 0. The van der Waals surface area contributed by atoms with E-state index in [1.165, 1.54) is 50.4 Å². The van der Waals surface area contributed by atoms with E-state index < -0.39 is 35.7 Å². The zero-order valence-corrected chi connectivity index (χ0v) is 31.8. The first-order valence-electron chi connectivity index (χ1n) is 15.7. The summed E-state index contributed by atoms with van der Waals surface area (Å²) in [6.45, 7) is 0.927. The van der Waals surface area contributed by atoms with Gasteiger partial charge >= 0.3 is 42.1 Å². The van der Waals surface area contributed by atoms with E-state index in [1.54, 1.807) is 0 Å². The van der Waals surface area contributed by atoms with Gasteiger partial charge in [0.2, 0.25) is 0 Å². The summed E-state index contributed by atoms with van der Waals surface area (Å²) in [6, 6.07) is 0. The normalized spacial score (nSPS) is 15.1. The molecule has 0 atom stereocenters. The zero-order valence-electron chi connectivity index (χ0n) is 27.3. The van der Waals surface area contributed by atoms with E-state index in [9.17, 15) is 39.6 Å². The Morgan fingerprint density at radius 3 is 0.875 bits per heavy atom. The molecular weight excluding hydrogens is 999 g/mol. The van der Waals surface area contributed by atoms with E-state index in [2.05, 4.69) is 0 Å². The van der Waals surface area contributed by atoms with Gasteiger partial charge in [-0.1, -0.05) is 50.9 Å². The van der Waals surface area contributed by atoms with E-state index in [4.69, 9.17) is 41.9 Å². The number of carbonyl (C=O) groups excluding carboxylic acids is 4. The van der Waals surface area contributed by atoms with Gasteiger partial charge in [0.25, 0.3) is 0 Å². The molecule has 0 aliphatic heterocycles. The predicted octanol–water partition coefficient (Wildman–Crippen LogP) is -4.40. The Bertz CT molecular complexity index is 740. The van der Waals surface area contributed by atoms with Gasteiger partial charge < -0.3 is 81.5 Å². The molecule has 0 bridgehead atoms. The van der Waals surface area contributed by atoms with Gasteiger partial charge in [-0.25, -0.2) is 0 Å². The number of hydrogen-bond donors (Lipinski definition) is 4. The van der Waals surface area contributed by atoms with E-state index in [0.717, 1.165) is 25.7 Å². The molecule has 8 N–H and O–H groups in total. The molecule has 16 nitrogen and oxygen atoms in total. The first-order chi connectivity index (χ1) is 21.9. The largest absolute Gasteiger partial charge is 2.00 e. The number of nitrogens with two attached hydrogens (primary N) is 4. The van der Waals surface area contributed by atoms with Crippen molar-refractivity contribution < 1.29 is 101 Å². The number of carboxylic acids is 4. The van der Waals surface area contributed by atoms with Gasteiger partial charge in [0, 0.05) is 25.0 Å². The number of carbonyl (C=O) groups is 4. The average molecular weight is 1050 g/mol. The predicted molar refractivity (Wildman–Crippen MR) is 156 cm³/mol. The minimum Gasteiger partial charge on any atom is -0.549 e. The Hall–Kier alpha value is -1.06. The van der Waals surface area contributed by atoms with Gasteiger partial charge in [-0.2, -0.15) is 25.7 Å². The number of carboxylic acid groups (broad SMARTS) is 4. The smallest absolute Gasteiger partial charge is 0.549 e. The molecule has 0 spiro atoms. The van der Waals surface area contributed by atoms with Gasteiger partial charge in [0.15, 0.2) is 0 Å². The first-order valence-corrected chi connectivity index (χ1v) is 15.7. The number of rotatable bonds is 21. The van der Waals surface area contributed by atoms with Crippen molar-refractivity contribution in [3.63, 3.8) is 0 Å². The molecule has 0 aromatic heterocycles. The molecule has 2 aliphatic rings. The molecule has 0 heterocycles. The molecule has 0 unspecified atom stereocenters. The van der Waals surface area contributed by atoms with Crippen LogP contribution in [0.2, 0.25) is 0 Å². The third-order valence-electron chi connectivity index (χ3n) is 7.29. The minimum absolute atomic E-state index is 0. The van der Waals surface area contributed by atoms with Crippen LogP contribution in [-0.2, 0) is 80.3 Å². The second-order valence-electron chi connectivity index (χ2n) is 10.9. The maximum absolute atomic E-state index is 10.5. The third kappa shape index (κ3) is 27.7. The van der Waals surface area contributed by atoms with Crippen molar-refractivity contribution in [2.24, 2.45) is 34.8 Å². The van der Waals surface area contributed by atoms with Crippen molar-refractivity contribution in [2.45, 2.75) is 89.4 Å². The molecule has 0 radical (unpaired) electrons. The second kappa shape index (κ2) is 33.1. The molecule has 2 fully saturated rings. The molecule has 0 saturated heterocycles. The molecule has 48 heavy (non-hydrogen) atoms. The quantitative estimate of drug-likeness (QED) is 0.0365. The zero-order chi connectivity index (χ0) is 34.7. The average Bonchev–Trinajstić information content (AvgIpc) is 3.01. The van der Waals surface area contributed by atoms with E-state index in [1.807, 2.05) is 0 Å². The summed E-state index contributed by atoms with van der Waals surface area (Å²) >= 11 is 0. The SMILES string of the molecule is NC(N)[C-]1CCCCC1.NC(N)[C-]1CCCCC1.O=C([O-])C(CCOCCOCCOCCOCCC(C(=O)[O-])C(=O)[O-])C(=O)[O-].[Pt+2].[Pt+2]. The molecule has 18 heteroatoms. The standard InChI is InChI=1S/C16H26O12.2C7H15N2.2Pt/c17-13(18)11(14(19)20)1-3-25-5-7-27-9-10-28-8-6-26-4-2-12(15(21)22)16(23)24;2*8-7(9)6-4-2-1-3-5-6;;/h11-12H,1-10H2,(H,17,18)(H,19,20)(H,21,22)(H,23,24);2*7H,1-5,8-9H2;;/q;2*-1;2*+2/p-4. The van der Waals surface area contributed by atoms with Gasteiger partial charge in [-0.15, -0.1) is 0 Å². The van der Waals surface area contributed by atoms with Crippen molar-refractivity contribution in [1.82, 2.24) is 0 Å². The topological polar surface area (TPSA) is 302 Å². The number of ether oxygens (including phenoxy) is 4. The molecule has 0 aromatic rings. The number of hydrogen-bond acceptors (Lipinski definition) is 16. The van der Waals surface area contributed by atoms with Crippen molar-refractivity contribution >= 4 is 23.9 Å². The molecule has 0 amide bonds. The van der Waals surface area contributed by atoms with E-state index in [0.29, 0.717) is 0 Å². The van der Waals surface area contributed by atoms with Crippen LogP contribution < -0.4 is 43.4 Å². The summed E-state index contributed by atoms with van der Waals surface area (Å²) in [5.74, 6) is -7.61. The Balaban J connectivity index is -0.000000815. The monoisotopic (exact) mass is 1050 g/mol. The Morgan fingerprint density at radius 2 is 0.688 bits per heavy atom. The van der Waals surface area contributed by atoms with Crippen LogP contribution in [0.25, 0.3) is 0 Å². The van der Waals surface area contributed by atoms with Gasteiger partial charge in [-0.05, 0) is 12.8 Å². The molecule has 2 saturated carbocycles. The Morgan fingerprint density at radius 1 is 0.458 bits per heavy atom. The summed E-state index contributed by atoms with van der Waals surface area (Å²) in [6.07, 6.45) is 11.7. The minimum atomic E-state index is -1.72. The van der Waals surface area contributed by atoms with Crippen molar-refractivity contribution in [3.8, 4) is 0 Å². The first kappa shape index (κ1) is 51.3. The molecule has 0 aromatic carbocycles. The Kier molecular flexibility index (Phi) is 35.4. The summed E-state index contributed by atoms with van der Waals surface area (Å²) in [4.78, 5) is 41.9. The van der Waals surface area contributed by atoms with Crippen LogP contribution in [0.15, 0.2) is 0 Å².